The number of carbonyl (C=O) groups excluding carboxylic acids is 1. The van der Waals surface area contributed by atoms with E-state index in [1.807, 2.05) is 30.3 Å². The number of hydrogen-bond donors (Lipinski definition) is 1. The van der Waals surface area contributed by atoms with E-state index in [2.05, 4.69) is 4.98 Å². The molecule has 2 N–H and O–H groups in total. The van der Waals surface area contributed by atoms with Gasteiger partial charge in [-0.05, 0) is 18.6 Å². The first-order chi connectivity index (χ1) is 9.72. The Hall–Kier alpha value is -2.01. The molecule has 0 aliphatic carbocycles. The highest BCUT2D eigenvalue weighted by atomic mass is 32.2. The van der Waals surface area contributed by atoms with E-state index in [1.54, 1.807) is 25.4 Å². The van der Waals surface area contributed by atoms with Crippen LogP contribution < -0.4 is 5.73 Å². The van der Waals surface area contributed by atoms with Gasteiger partial charge in [0.25, 0.3) is 0 Å². The molecular formula is C15H16N2O2S. The normalized spacial score (nSPS) is 11.8. The Bertz CT molecular complexity index is 575. The molecule has 0 bridgehead atoms. The first-order valence-electron chi connectivity index (χ1n) is 6.30. The zero-order valence-corrected chi connectivity index (χ0v) is 12.0. The molecule has 0 saturated heterocycles. The topological polar surface area (TPSA) is 65.2 Å². The Morgan fingerprint density at radius 3 is 2.75 bits per heavy atom. The lowest BCUT2D eigenvalue weighted by molar-refractivity contribution is -0.142. The molecule has 2 aromatic rings. The molecule has 2 rings (SSSR count). The van der Waals surface area contributed by atoms with Gasteiger partial charge in [0.2, 0.25) is 0 Å². The van der Waals surface area contributed by atoms with Crippen LogP contribution in [0, 0.1) is 0 Å². The van der Waals surface area contributed by atoms with E-state index in [1.165, 1.54) is 11.8 Å². The predicted octanol–water partition coefficient (Wildman–Crippen LogP) is 3.06. The molecule has 1 aromatic heterocycles. The van der Waals surface area contributed by atoms with Gasteiger partial charge in [0.15, 0.2) is 0 Å². The van der Waals surface area contributed by atoms with E-state index in [9.17, 15) is 4.79 Å². The molecule has 20 heavy (non-hydrogen) atoms. The van der Waals surface area contributed by atoms with Crippen molar-refractivity contribution in [1.29, 1.82) is 0 Å². The number of esters is 1. The van der Waals surface area contributed by atoms with Crippen molar-refractivity contribution < 1.29 is 9.53 Å². The van der Waals surface area contributed by atoms with E-state index in [0.29, 0.717) is 12.3 Å². The van der Waals surface area contributed by atoms with Gasteiger partial charge in [-0.25, -0.2) is 0 Å². The van der Waals surface area contributed by atoms with Crippen LogP contribution in [0.3, 0.4) is 0 Å². The average Bonchev–Trinajstić information content (AvgIpc) is 2.47. The van der Waals surface area contributed by atoms with Crippen LogP contribution in [-0.4, -0.2) is 17.6 Å². The van der Waals surface area contributed by atoms with E-state index in [0.717, 1.165) is 10.5 Å². The SMILES string of the molecule is CCOC(=O)C(Sc1ccncc1N)c1ccccc1. The zero-order valence-electron chi connectivity index (χ0n) is 11.2. The van der Waals surface area contributed by atoms with Gasteiger partial charge >= 0.3 is 5.97 Å². The highest BCUT2D eigenvalue weighted by Gasteiger charge is 2.23. The third kappa shape index (κ3) is 3.51. The van der Waals surface area contributed by atoms with Crippen molar-refractivity contribution in [1.82, 2.24) is 4.98 Å². The molecule has 0 fully saturated rings. The summed E-state index contributed by atoms with van der Waals surface area (Å²) in [7, 11) is 0. The minimum Gasteiger partial charge on any atom is -0.465 e. The van der Waals surface area contributed by atoms with E-state index >= 15 is 0 Å². The lowest BCUT2D eigenvalue weighted by Gasteiger charge is -2.16. The molecule has 0 aliphatic rings. The van der Waals surface area contributed by atoms with Crippen molar-refractivity contribution in [3.05, 3.63) is 54.4 Å². The number of carbonyl (C=O) groups is 1. The summed E-state index contributed by atoms with van der Waals surface area (Å²) in [4.78, 5) is 16.9. The summed E-state index contributed by atoms with van der Waals surface area (Å²) in [6.07, 6.45) is 3.24. The van der Waals surface area contributed by atoms with E-state index in [4.69, 9.17) is 10.5 Å². The van der Waals surface area contributed by atoms with Gasteiger partial charge in [0, 0.05) is 11.1 Å². The maximum Gasteiger partial charge on any atom is 0.323 e. The summed E-state index contributed by atoms with van der Waals surface area (Å²) in [5.74, 6) is -0.264. The van der Waals surface area contributed by atoms with Crippen molar-refractivity contribution in [2.45, 2.75) is 17.1 Å². The molecule has 5 heteroatoms. The molecule has 1 unspecified atom stereocenters. The average molecular weight is 288 g/mol. The molecule has 1 heterocycles. The van der Waals surface area contributed by atoms with Gasteiger partial charge in [-0.1, -0.05) is 30.3 Å². The third-order valence-electron chi connectivity index (χ3n) is 2.66. The summed E-state index contributed by atoms with van der Waals surface area (Å²) in [5.41, 5.74) is 7.34. The van der Waals surface area contributed by atoms with Crippen LogP contribution in [0.2, 0.25) is 0 Å². The van der Waals surface area contributed by atoms with Gasteiger partial charge in [0.1, 0.15) is 5.25 Å². The molecule has 0 saturated carbocycles. The Labute approximate surface area is 122 Å². The number of anilines is 1. The highest BCUT2D eigenvalue weighted by molar-refractivity contribution is 8.00. The molecule has 4 nitrogen and oxygen atoms in total. The summed E-state index contributed by atoms with van der Waals surface area (Å²) in [6, 6.07) is 11.3. The molecule has 0 spiro atoms. The van der Waals surface area contributed by atoms with Crippen LogP contribution in [0.25, 0.3) is 0 Å². The molecule has 0 amide bonds. The number of ether oxygens (including phenoxy) is 1. The standard InChI is InChI=1S/C15H16N2O2S/c1-2-19-15(18)14(11-6-4-3-5-7-11)20-13-8-9-17-10-12(13)16/h3-10,14H,2,16H2,1H3. The van der Waals surface area contributed by atoms with Gasteiger partial charge in [-0.15, -0.1) is 11.8 Å². The minimum absolute atomic E-state index is 0.264. The Balaban J connectivity index is 2.28. The van der Waals surface area contributed by atoms with Crippen molar-refractivity contribution in [2.24, 2.45) is 0 Å². The first kappa shape index (κ1) is 14.4. The van der Waals surface area contributed by atoms with E-state index < -0.39 is 5.25 Å². The smallest absolute Gasteiger partial charge is 0.323 e. The number of nitrogens with two attached hydrogens (primary N) is 1. The number of hydrogen-bond acceptors (Lipinski definition) is 5. The van der Waals surface area contributed by atoms with Crippen molar-refractivity contribution in [2.75, 3.05) is 12.3 Å². The van der Waals surface area contributed by atoms with Crippen LogP contribution in [-0.2, 0) is 9.53 Å². The van der Waals surface area contributed by atoms with Crippen LogP contribution >= 0.6 is 11.8 Å². The highest BCUT2D eigenvalue weighted by Crippen LogP contribution is 2.38. The number of aromatic nitrogens is 1. The van der Waals surface area contributed by atoms with Gasteiger partial charge in [-0.2, -0.15) is 0 Å². The van der Waals surface area contributed by atoms with E-state index in [-0.39, 0.29) is 5.97 Å². The van der Waals surface area contributed by atoms with Crippen LogP contribution in [0.1, 0.15) is 17.7 Å². The first-order valence-corrected chi connectivity index (χ1v) is 7.18. The third-order valence-corrected chi connectivity index (χ3v) is 3.98. The molecule has 1 aromatic carbocycles. The maximum absolute atomic E-state index is 12.2. The van der Waals surface area contributed by atoms with Crippen molar-refractivity contribution in [3.8, 4) is 0 Å². The monoisotopic (exact) mass is 288 g/mol. The number of pyridine rings is 1. The maximum atomic E-state index is 12.2. The van der Waals surface area contributed by atoms with Crippen molar-refractivity contribution >= 4 is 23.4 Å². The quantitative estimate of drug-likeness (QED) is 0.676. The second-order valence-corrected chi connectivity index (χ2v) is 5.22. The fourth-order valence-electron chi connectivity index (χ4n) is 1.73. The lowest BCUT2D eigenvalue weighted by Crippen LogP contribution is -2.13. The van der Waals surface area contributed by atoms with Gasteiger partial charge in [0.05, 0.1) is 18.5 Å². The largest absolute Gasteiger partial charge is 0.465 e. The molecule has 0 aliphatic heterocycles. The fraction of sp³-hybridized carbons (Fsp3) is 0.200. The number of rotatable bonds is 5. The lowest BCUT2D eigenvalue weighted by atomic mass is 10.1. The number of nitrogen functional groups attached to an aromatic ring is 1. The van der Waals surface area contributed by atoms with Crippen molar-refractivity contribution in [3.63, 3.8) is 0 Å². The van der Waals surface area contributed by atoms with Crippen LogP contribution in [0.5, 0.6) is 0 Å². The Morgan fingerprint density at radius 1 is 1.35 bits per heavy atom. The Kier molecular flexibility index (Phi) is 5.01. The van der Waals surface area contributed by atoms with Crippen LogP contribution in [0.15, 0.2) is 53.7 Å². The number of thioether (sulfide) groups is 1. The number of benzene rings is 1. The van der Waals surface area contributed by atoms with Gasteiger partial charge in [-0.3, -0.25) is 9.78 Å². The molecular weight excluding hydrogens is 272 g/mol. The van der Waals surface area contributed by atoms with Gasteiger partial charge < -0.3 is 10.5 Å². The Morgan fingerprint density at radius 2 is 2.10 bits per heavy atom. The molecule has 104 valence electrons. The number of nitrogens with zero attached hydrogens (tertiary/aromatic N) is 1. The molecule has 0 radical (unpaired) electrons. The summed E-state index contributed by atoms with van der Waals surface area (Å²) >= 11 is 1.38. The summed E-state index contributed by atoms with van der Waals surface area (Å²) in [5, 5.41) is -0.430. The fourth-order valence-corrected chi connectivity index (χ4v) is 2.77. The van der Waals surface area contributed by atoms with Crippen LogP contribution in [0.4, 0.5) is 5.69 Å². The minimum atomic E-state index is -0.430. The predicted molar refractivity (Wildman–Crippen MR) is 80.3 cm³/mol. The summed E-state index contributed by atoms with van der Waals surface area (Å²) < 4.78 is 5.15. The zero-order chi connectivity index (χ0) is 14.4. The molecule has 1 atom stereocenters. The second kappa shape index (κ2) is 6.96. The summed E-state index contributed by atoms with van der Waals surface area (Å²) in [6.45, 7) is 2.15. The second-order valence-electron chi connectivity index (χ2n) is 4.07.